The van der Waals surface area contributed by atoms with Gasteiger partial charge in [-0.25, -0.2) is 4.68 Å². The summed E-state index contributed by atoms with van der Waals surface area (Å²) in [5, 5.41) is 16.4. The Morgan fingerprint density at radius 1 is 1.00 bits per heavy atom. The van der Waals surface area contributed by atoms with Gasteiger partial charge >= 0.3 is 0 Å². The predicted molar refractivity (Wildman–Crippen MR) is 92.3 cm³/mol. The third-order valence-corrected chi connectivity index (χ3v) is 4.10. The minimum atomic E-state index is -0.500. The highest BCUT2D eigenvalue weighted by Crippen LogP contribution is 2.18. The first-order valence-corrected chi connectivity index (χ1v) is 7.46. The molecule has 3 aromatic carbocycles. The van der Waals surface area contributed by atoms with E-state index in [4.69, 9.17) is 0 Å². The highest BCUT2D eigenvalue weighted by Gasteiger charge is 2.12. The Hall–Kier alpha value is -3.41. The minimum absolute atomic E-state index is 0.0866. The van der Waals surface area contributed by atoms with Crippen LogP contribution in [0.5, 0.6) is 0 Å². The summed E-state index contributed by atoms with van der Waals surface area (Å²) in [7, 11) is 0. The van der Waals surface area contributed by atoms with E-state index in [0.717, 1.165) is 16.3 Å². The van der Waals surface area contributed by atoms with Crippen LogP contribution in [0.2, 0.25) is 0 Å². The van der Waals surface area contributed by atoms with Gasteiger partial charge in [0, 0.05) is 12.1 Å². The molecule has 6 heteroatoms. The number of benzene rings is 3. The van der Waals surface area contributed by atoms with Gasteiger partial charge in [-0.2, -0.15) is 0 Å². The Labute approximate surface area is 136 Å². The molecule has 0 radical (unpaired) electrons. The maximum Gasteiger partial charge on any atom is 0.274 e. The zero-order valence-corrected chi connectivity index (χ0v) is 12.6. The van der Waals surface area contributed by atoms with Gasteiger partial charge in [-0.05, 0) is 28.5 Å². The molecule has 0 unspecified atom stereocenters. The van der Waals surface area contributed by atoms with Crippen LogP contribution in [0.1, 0.15) is 5.56 Å². The van der Waals surface area contributed by atoms with Crippen molar-refractivity contribution >= 4 is 27.4 Å². The smallest absolute Gasteiger partial charge is 0.274 e. The molecule has 6 nitrogen and oxygen atoms in total. The van der Waals surface area contributed by atoms with Gasteiger partial charge in [0.25, 0.3) is 11.2 Å². The van der Waals surface area contributed by atoms with Gasteiger partial charge in [-0.15, -0.1) is 0 Å². The van der Waals surface area contributed by atoms with E-state index in [-0.39, 0.29) is 11.2 Å². The van der Waals surface area contributed by atoms with Crippen LogP contribution in [0.25, 0.3) is 21.7 Å². The molecular weight excluding hydrogens is 306 g/mol. The fourth-order valence-electron chi connectivity index (χ4n) is 2.89. The van der Waals surface area contributed by atoms with Crippen molar-refractivity contribution in [2.24, 2.45) is 0 Å². The summed E-state index contributed by atoms with van der Waals surface area (Å²) >= 11 is 0. The van der Waals surface area contributed by atoms with Gasteiger partial charge in [-0.1, -0.05) is 36.4 Å². The molecular formula is C18H13N3O3. The molecule has 24 heavy (non-hydrogen) atoms. The van der Waals surface area contributed by atoms with Gasteiger partial charge in [0.2, 0.25) is 0 Å². The zero-order chi connectivity index (χ0) is 16.7. The summed E-state index contributed by atoms with van der Waals surface area (Å²) in [6, 6.07) is 18.3. The number of nitro benzene ring substituents is 1. The molecule has 1 N–H and O–H groups in total. The monoisotopic (exact) mass is 319 g/mol. The number of fused-ring (bicyclic) bond motifs is 2. The van der Waals surface area contributed by atoms with Crippen LogP contribution in [0.4, 0.5) is 5.69 Å². The van der Waals surface area contributed by atoms with Crippen molar-refractivity contribution < 1.29 is 4.92 Å². The Balaban J connectivity index is 1.77. The first kappa shape index (κ1) is 14.2. The summed E-state index contributed by atoms with van der Waals surface area (Å²) in [4.78, 5) is 22.8. The van der Waals surface area contributed by atoms with Crippen molar-refractivity contribution in [1.82, 2.24) is 9.78 Å². The fourth-order valence-corrected chi connectivity index (χ4v) is 2.89. The number of rotatable bonds is 3. The maximum atomic E-state index is 12.5. The number of hydrogen-bond acceptors (Lipinski definition) is 3. The van der Waals surface area contributed by atoms with E-state index in [0.29, 0.717) is 17.4 Å². The lowest BCUT2D eigenvalue weighted by atomic mass is 10.1. The van der Waals surface area contributed by atoms with Gasteiger partial charge in [0.15, 0.2) is 0 Å². The van der Waals surface area contributed by atoms with Crippen molar-refractivity contribution in [3.63, 3.8) is 0 Å². The zero-order valence-electron chi connectivity index (χ0n) is 12.6. The fraction of sp³-hybridized carbons (Fsp3) is 0.0556. The Morgan fingerprint density at radius 3 is 2.58 bits per heavy atom. The lowest BCUT2D eigenvalue weighted by molar-refractivity contribution is -0.384. The van der Waals surface area contributed by atoms with Crippen molar-refractivity contribution in [2.75, 3.05) is 0 Å². The van der Waals surface area contributed by atoms with Crippen LogP contribution in [-0.2, 0) is 6.54 Å². The van der Waals surface area contributed by atoms with Gasteiger partial charge in [-0.3, -0.25) is 20.0 Å². The summed E-state index contributed by atoms with van der Waals surface area (Å²) in [6.45, 7) is 0.381. The standard InChI is InChI=1S/C18H13N3O3/c22-18-16-10-15(21(23)24)7-8-17(16)19-20(18)11-12-5-6-13-3-1-2-4-14(13)9-12/h1-10,19H,11H2. The van der Waals surface area contributed by atoms with E-state index in [1.54, 1.807) is 6.07 Å². The molecule has 4 aromatic rings. The average Bonchev–Trinajstić information content (AvgIpc) is 2.90. The van der Waals surface area contributed by atoms with Crippen molar-refractivity contribution in [3.05, 3.63) is 86.7 Å². The molecule has 1 aromatic heterocycles. The third kappa shape index (κ3) is 2.34. The molecule has 0 fully saturated rings. The average molecular weight is 319 g/mol. The number of nitrogens with one attached hydrogen (secondary N) is 1. The van der Waals surface area contributed by atoms with Crippen molar-refractivity contribution in [1.29, 1.82) is 0 Å². The first-order chi connectivity index (χ1) is 11.6. The lowest BCUT2D eigenvalue weighted by Crippen LogP contribution is -2.17. The quantitative estimate of drug-likeness (QED) is 0.464. The molecule has 0 saturated carbocycles. The van der Waals surface area contributed by atoms with Gasteiger partial charge in [0.05, 0.1) is 22.4 Å². The van der Waals surface area contributed by atoms with Crippen LogP contribution in [0.3, 0.4) is 0 Å². The number of nitro groups is 1. The number of aromatic amines is 1. The molecule has 0 atom stereocenters. The molecule has 0 bridgehead atoms. The highest BCUT2D eigenvalue weighted by molar-refractivity contribution is 5.83. The lowest BCUT2D eigenvalue weighted by Gasteiger charge is -2.04. The maximum absolute atomic E-state index is 12.5. The summed E-state index contributed by atoms with van der Waals surface area (Å²) in [6.07, 6.45) is 0. The van der Waals surface area contributed by atoms with E-state index in [9.17, 15) is 14.9 Å². The van der Waals surface area contributed by atoms with E-state index in [2.05, 4.69) is 5.10 Å². The molecule has 0 amide bonds. The first-order valence-electron chi connectivity index (χ1n) is 7.46. The predicted octanol–water partition coefficient (Wildman–Crippen LogP) is 3.44. The van der Waals surface area contributed by atoms with Crippen molar-refractivity contribution in [3.8, 4) is 0 Å². The normalized spacial score (nSPS) is 11.2. The molecule has 4 rings (SSSR count). The molecule has 0 aliphatic carbocycles. The highest BCUT2D eigenvalue weighted by atomic mass is 16.6. The largest absolute Gasteiger partial charge is 0.295 e. The number of nitrogens with zero attached hydrogens (tertiary/aromatic N) is 2. The van der Waals surface area contributed by atoms with Gasteiger partial charge < -0.3 is 0 Å². The molecule has 118 valence electrons. The second kappa shape index (κ2) is 5.34. The van der Waals surface area contributed by atoms with Gasteiger partial charge in [0.1, 0.15) is 0 Å². The second-order valence-corrected chi connectivity index (χ2v) is 5.67. The van der Waals surface area contributed by atoms with Crippen LogP contribution in [0, 0.1) is 10.1 Å². The van der Waals surface area contributed by atoms with Crippen LogP contribution < -0.4 is 5.56 Å². The Kier molecular flexibility index (Phi) is 3.16. The van der Waals surface area contributed by atoms with E-state index in [1.165, 1.54) is 16.8 Å². The van der Waals surface area contributed by atoms with E-state index >= 15 is 0 Å². The summed E-state index contributed by atoms with van der Waals surface area (Å²) < 4.78 is 1.47. The summed E-state index contributed by atoms with van der Waals surface area (Å²) in [5.41, 5.74) is 1.22. The Morgan fingerprint density at radius 2 is 1.79 bits per heavy atom. The topological polar surface area (TPSA) is 80.9 Å². The molecule has 0 saturated heterocycles. The van der Waals surface area contributed by atoms with Crippen LogP contribution >= 0.6 is 0 Å². The SMILES string of the molecule is O=c1c2cc([N+](=O)[O-])ccc2[nH]n1Cc1ccc2ccccc2c1. The number of non-ortho nitro benzene ring substituents is 1. The summed E-state index contributed by atoms with van der Waals surface area (Å²) in [5.74, 6) is 0. The molecule has 1 heterocycles. The molecule has 0 spiro atoms. The Bertz CT molecular complexity index is 1140. The number of H-pyrrole nitrogens is 1. The molecule has 0 aliphatic heterocycles. The van der Waals surface area contributed by atoms with Crippen molar-refractivity contribution in [2.45, 2.75) is 6.54 Å². The van der Waals surface area contributed by atoms with Crippen LogP contribution in [0.15, 0.2) is 65.5 Å². The molecule has 0 aliphatic rings. The van der Waals surface area contributed by atoms with Crippen LogP contribution in [-0.4, -0.2) is 14.7 Å². The number of aromatic nitrogens is 2. The van der Waals surface area contributed by atoms with E-state index < -0.39 is 4.92 Å². The minimum Gasteiger partial charge on any atom is -0.295 e. The second-order valence-electron chi connectivity index (χ2n) is 5.67. The van der Waals surface area contributed by atoms with E-state index in [1.807, 2.05) is 42.5 Å². The third-order valence-electron chi connectivity index (χ3n) is 4.10. The number of hydrogen-bond donors (Lipinski definition) is 1.